The Morgan fingerprint density at radius 2 is 1.58 bits per heavy atom. The number of hydrogen-bond donors (Lipinski definition) is 1. The summed E-state index contributed by atoms with van der Waals surface area (Å²) in [6.07, 6.45) is 1.09. The first kappa shape index (κ1) is 17.7. The zero-order chi connectivity index (χ0) is 18.4. The molecule has 0 saturated carbocycles. The third-order valence-electron chi connectivity index (χ3n) is 4.45. The quantitative estimate of drug-likeness (QED) is 0.574. The minimum Gasteiger partial charge on any atom is -0.457 e. The van der Waals surface area contributed by atoms with Gasteiger partial charge in [0, 0.05) is 5.69 Å². The lowest BCUT2D eigenvalue weighted by Crippen LogP contribution is -2.13. The SMILES string of the molecule is CCC(C)c1ccc(NC(=O)c2ccccc2Oc2ccccc2)cc1. The first-order valence-electron chi connectivity index (χ1n) is 8.90. The monoisotopic (exact) mass is 345 g/mol. The first-order valence-corrected chi connectivity index (χ1v) is 8.90. The molecule has 132 valence electrons. The van der Waals surface area contributed by atoms with Crippen LogP contribution in [-0.4, -0.2) is 5.91 Å². The number of rotatable bonds is 6. The van der Waals surface area contributed by atoms with E-state index in [0.717, 1.165) is 12.1 Å². The van der Waals surface area contributed by atoms with Crippen LogP contribution < -0.4 is 10.1 Å². The summed E-state index contributed by atoms with van der Waals surface area (Å²) in [4.78, 5) is 12.7. The second kappa shape index (κ2) is 8.34. The Kier molecular flexibility index (Phi) is 5.69. The number of nitrogens with one attached hydrogen (secondary N) is 1. The Labute approximate surface area is 154 Å². The van der Waals surface area contributed by atoms with Gasteiger partial charge in [0.25, 0.3) is 5.91 Å². The molecule has 0 spiro atoms. The van der Waals surface area contributed by atoms with Crippen molar-refractivity contribution in [2.45, 2.75) is 26.2 Å². The number of carbonyl (C=O) groups excluding carboxylic acids is 1. The fraction of sp³-hybridized carbons (Fsp3) is 0.174. The number of amides is 1. The molecular formula is C23H23NO2. The molecule has 3 aromatic carbocycles. The molecule has 0 radical (unpaired) electrons. The number of anilines is 1. The normalized spacial score (nSPS) is 11.6. The minimum atomic E-state index is -0.187. The van der Waals surface area contributed by atoms with Crippen LogP contribution >= 0.6 is 0 Å². The summed E-state index contributed by atoms with van der Waals surface area (Å²) in [7, 11) is 0. The van der Waals surface area contributed by atoms with Crippen LogP contribution in [0.1, 0.15) is 42.1 Å². The second-order valence-corrected chi connectivity index (χ2v) is 6.30. The van der Waals surface area contributed by atoms with E-state index < -0.39 is 0 Å². The lowest BCUT2D eigenvalue weighted by Gasteiger charge is -2.13. The van der Waals surface area contributed by atoms with Gasteiger partial charge < -0.3 is 10.1 Å². The van der Waals surface area contributed by atoms with Gasteiger partial charge in [-0.15, -0.1) is 0 Å². The van der Waals surface area contributed by atoms with Crippen molar-refractivity contribution >= 4 is 11.6 Å². The number of ether oxygens (including phenoxy) is 1. The summed E-state index contributed by atoms with van der Waals surface area (Å²) in [6, 6.07) is 24.7. The zero-order valence-electron chi connectivity index (χ0n) is 15.1. The fourth-order valence-electron chi connectivity index (χ4n) is 2.69. The highest BCUT2D eigenvalue weighted by Crippen LogP contribution is 2.26. The molecule has 26 heavy (non-hydrogen) atoms. The van der Waals surface area contributed by atoms with Crippen LogP contribution in [0, 0.1) is 0 Å². The first-order chi connectivity index (χ1) is 12.7. The van der Waals surface area contributed by atoms with Crippen molar-refractivity contribution in [3.63, 3.8) is 0 Å². The van der Waals surface area contributed by atoms with Crippen molar-refractivity contribution in [1.82, 2.24) is 0 Å². The fourth-order valence-corrected chi connectivity index (χ4v) is 2.69. The topological polar surface area (TPSA) is 38.3 Å². The van der Waals surface area contributed by atoms with Crippen molar-refractivity contribution in [2.24, 2.45) is 0 Å². The van der Waals surface area contributed by atoms with E-state index in [-0.39, 0.29) is 5.91 Å². The van der Waals surface area contributed by atoms with Gasteiger partial charge in [0.15, 0.2) is 0 Å². The van der Waals surface area contributed by atoms with E-state index in [0.29, 0.717) is 23.0 Å². The van der Waals surface area contributed by atoms with Crippen LogP contribution in [0.3, 0.4) is 0 Å². The molecule has 1 N–H and O–H groups in total. The van der Waals surface area contributed by atoms with Gasteiger partial charge in [0.05, 0.1) is 5.56 Å². The highest BCUT2D eigenvalue weighted by molar-refractivity contribution is 6.06. The van der Waals surface area contributed by atoms with Gasteiger partial charge in [-0.25, -0.2) is 0 Å². The summed E-state index contributed by atoms with van der Waals surface area (Å²) in [5.74, 6) is 1.56. The smallest absolute Gasteiger partial charge is 0.259 e. The second-order valence-electron chi connectivity index (χ2n) is 6.30. The van der Waals surface area contributed by atoms with Crippen LogP contribution in [0.4, 0.5) is 5.69 Å². The molecule has 0 bridgehead atoms. The van der Waals surface area contributed by atoms with Gasteiger partial charge >= 0.3 is 0 Å². The van der Waals surface area contributed by atoms with E-state index >= 15 is 0 Å². The molecule has 0 aromatic heterocycles. The molecule has 0 aliphatic rings. The molecule has 3 nitrogen and oxygen atoms in total. The minimum absolute atomic E-state index is 0.187. The Bertz CT molecular complexity index is 857. The van der Waals surface area contributed by atoms with Gasteiger partial charge in [-0.05, 0) is 54.3 Å². The van der Waals surface area contributed by atoms with E-state index in [4.69, 9.17) is 4.74 Å². The molecule has 3 rings (SSSR count). The molecule has 0 aliphatic carbocycles. The maximum absolute atomic E-state index is 12.7. The zero-order valence-corrected chi connectivity index (χ0v) is 15.1. The molecule has 1 amide bonds. The molecule has 0 heterocycles. The number of hydrogen-bond acceptors (Lipinski definition) is 2. The van der Waals surface area contributed by atoms with E-state index in [9.17, 15) is 4.79 Å². The maximum atomic E-state index is 12.7. The van der Waals surface area contributed by atoms with Crippen LogP contribution in [0.15, 0.2) is 78.9 Å². The molecule has 1 atom stereocenters. The maximum Gasteiger partial charge on any atom is 0.259 e. The van der Waals surface area contributed by atoms with Crippen molar-refractivity contribution in [2.75, 3.05) is 5.32 Å². The van der Waals surface area contributed by atoms with E-state index in [1.807, 2.05) is 54.6 Å². The third kappa shape index (κ3) is 4.31. The highest BCUT2D eigenvalue weighted by atomic mass is 16.5. The van der Waals surface area contributed by atoms with Crippen molar-refractivity contribution in [1.29, 1.82) is 0 Å². The lowest BCUT2D eigenvalue weighted by molar-refractivity contribution is 0.102. The predicted molar refractivity (Wildman–Crippen MR) is 106 cm³/mol. The van der Waals surface area contributed by atoms with E-state index in [2.05, 4.69) is 31.3 Å². The molecule has 0 aliphatic heterocycles. The summed E-state index contributed by atoms with van der Waals surface area (Å²) in [6.45, 7) is 4.37. The summed E-state index contributed by atoms with van der Waals surface area (Å²) in [5, 5.41) is 2.95. The van der Waals surface area contributed by atoms with Gasteiger partial charge in [-0.3, -0.25) is 4.79 Å². The van der Waals surface area contributed by atoms with E-state index in [1.165, 1.54) is 5.56 Å². The molecule has 3 heteroatoms. The number of para-hydroxylation sites is 2. The molecule has 0 fully saturated rings. The molecule has 0 saturated heterocycles. The third-order valence-corrected chi connectivity index (χ3v) is 4.45. The van der Waals surface area contributed by atoms with Crippen molar-refractivity contribution in [3.8, 4) is 11.5 Å². The standard InChI is InChI=1S/C23H23NO2/c1-3-17(2)18-13-15-19(16-14-18)24-23(25)21-11-7-8-12-22(21)26-20-9-5-4-6-10-20/h4-17H,3H2,1-2H3,(H,24,25). The average Bonchev–Trinajstić information content (AvgIpc) is 2.69. The summed E-state index contributed by atoms with van der Waals surface area (Å²) < 4.78 is 5.87. The summed E-state index contributed by atoms with van der Waals surface area (Å²) >= 11 is 0. The lowest BCUT2D eigenvalue weighted by atomic mass is 9.98. The van der Waals surface area contributed by atoms with E-state index in [1.54, 1.807) is 12.1 Å². The van der Waals surface area contributed by atoms with Crippen LogP contribution in [0.2, 0.25) is 0 Å². The van der Waals surface area contributed by atoms with Crippen LogP contribution in [0.25, 0.3) is 0 Å². The largest absolute Gasteiger partial charge is 0.457 e. The predicted octanol–water partition coefficient (Wildman–Crippen LogP) is 6.24. The van der Waals surface area contributed by atoms with Gasteiger partial charge in [-0.1, -0.05) is 56.3 Å². The van der Waals surface area contributed by atoms with Crippen LogP contribution in [0.5, 0.6) is 11.5 Å². The Morgan fingerprint density at radius 3 is 2.27 bits per heavy atom. The van der Waals surface area contributed by atoms with Crippen molar-refractivity contribution < 1.29 is 9.53 Å². The number of benzene rings is 3. The average molecular weight is 345 g/mol. The molecular weight excluding hydrogens is 322 g/mol. The van der Waals surface area contributed by atoms with Gasteiger partial charge in [0.2, 0.25) is 0 Å². The van der Waals surface area contributed by atoms with Crippen LogP contribution in [-0.2, 0) is 0 Å². The Morgan fingerprint density at radius 1 is 0.923 bits per heavy atom. The Hall–Kier alpha value is -3.07. The van der Waals surface area contributed by atoms with Crippen molar-refractivity contribution in [3.05, 3.63) is 90.0 Å². The van der Waals surface area contributed by atoms with Gasteiger partial charge in [-0.2, -0.15) is 0 Å². The molecule has 3 aromatic rings. The Balaban J connectivity index is 1.76. The molecule has 1 unspecified atom stereocenters. The summed E-state index contributed by atoms with van der Waals surface area (Å²) in [5.41, 5.74) is 2.55. The number of carbonyl (C=O) groups is 1. The van der Waals surface area contributed by atoms with Gasteiger partial charge in [0.1, 0.15) is 11.5 Å². The highest BCUT2D eigenvalue weighted by Gasteiger charge is 2.13.